The molecular formula is C7H13N3O3S. The molecule has 1 atom stereocenters. The van der Waals surface area contributed by atoms with Crippen LogP contribution >= 0.6 is 0 Å². The Hall–Kier alpha value is -1.13. The number of carbonyl (C=O) groups is 1. The van der Waals surface area contributed by atoms with Crippen LogP contribution in [0.2, 0.25) is 0 Å². The van der Waals surface area contributed by atoms with Gasteiger partial charge in [0, 0.05) is 13.0 Å². The fourth-order valence-corrected chi connectivity index (χ4v) is 1.96. The number of nitrogens with zero attached hydrogens (tertiary/aromatic N) is 1. The molecule has 7 heteroatoms. The Kier molecular flexibility index (Phi) is 5.12. The molecule has 0 aromatic rings. The third-order valence-electron chi connectivity index (χ3n) is 1.56. The molecule has 1 amide bonds. The van der Waals surface area contributed by atoms with Crippen molar-refractivity contribution in [3.05, 3.63) is 0 Å². The molecule has 80 valence electrons. The van der Waals surface area contributed by atoms with Gasteiger partial charge in [0.15, 0.2) is 5.25 Å². The number of rotatable bonds is 6. The van der Waals surface area contributed by atoms with Gasteiger partial charge in [-0.25, -0.2) is 13.1 Å². The second kappa shape index (κ2) is 5.57. The number of amides is 1. The van der Waals surface area contributed by atoms with Crippen molar-refractivity contribution >= 4 is 15.9 Å². The molecule has 3 N–H and O–H groups in total. The van der Waals surface area contributed by atoms with Crippen LogP contribution in [0.4, 0.5) is 0 Å². The van der Waals surface area contributed by atoms with E-state index in [0.717, 1.165) is 0 Å². The van der Waals surface area contributed by atoms with Crippen molar-refractivity contribution < 1.29 is 13.2 Å². The van der Waals surface area contributed by atoms with Crippen molar-refractivity contribution in [1.29, 1.82) is 5.26 Å². The summed E-state index contributed by atoms with van der Waals surface area (Å²) in [6.07, 6.45) is 0.142. The second-order valence-electron chi connectivity index (χ2n) is 2.68. The fourth-order valence-electron chi connectivity index (χ4n) is 0.797. The monoisotopic (exact) mass is 219 g/mol. The molecule has 0 aliphatic rings. The van der Waals surface area contributed by atoms with E-state index >= 15 is 0 Å². The minimum absolute atomic E-state index is 0.0597. The van der Waals surface area contributed by atoms with Crippen molar-refractivity contribution in [2.45, 2.75) is 25.0 Å². The zero-order valence-electron chi connectivity index (χ0n) is 7.86. The van der Waals surface area contributed by atoms with Crippen molar-refractivity contribution in [2.75, 3.05) is 6.54 Å². The Bertz CT molecular complexity index is 331. The maximum atomic E-state index is 11.3. The molecule has 0 aromatic heterocycles. The van der Waals surface area contributed by atoms with Gasteiger partial charge in [-0.2, -0.15) is 5.26 Å². The quantitative estimate of drug-likeness (QED) is 0.601. The summed E-state index contributed by atoms with van der Waals surface area (Å²) in [4.78, 5) is 10.3. The molecule has 0 fully saturated rings. The van der Waals surface area contributed by atoms with Crippen LogP contribution in [0.25, 0.3) is 0 Å². The van der Waals surface area contributed by atoms with Gasteiger partial charge in [0.05, 0.1) is 6.07 Å². The van der Waals surface area contributed by atoms with Crippen LogP contribution in [0.3, 0.4) is 0 Å². The standard InChI is InChI=1S/C7H13N3O3S/c1-2-6(5-8)14(12,13)10-4-3-7(9)11/h6,10H,2-4H2,1H3,(H2,9,11). The summed E-state index contributed by atoms with van der Waals surface area (Å²) in [7, 11) is -3.64. The summed E-state index contributed by atoms with van der Waals surface area (Å²) < 4.78 is 24.7. The molecule has 0 saturated heterocycles. The third kappa shape index (κ3) is 4.20. The van der Waals surface area contributed by atoms with Crippen molar-refractivity contribution in [2.24, 2.45) is 5.73 Å². The molecule has 0 radical (unpaired) electrons. The smallest absolute Gasteiger partial charge is 0.227 e. The van der Waals surface area contributed by atoms with Crippen LogP contribution < -0.4 is 10.5 Å². The van der Waals surface area contributed by atoms with Crippen LogP contribution in [0, 0.1) is 11.3 Å². The lowest BCUT2D eigenvalue weighted by molar-refractivity contribution is -0.117. The maximum absolute atomic E-state index is 11.3. The zero-order valence-corrected chi connectivity index (χ0v) is 8.67. The van der Waals surface area contributed by atoms with Gasteiger partial charge in [0.2, 0.25) is 15.9 Å². The first-order valence-corrected chi connectivity index (χ1v) is 5.65. The van der Waals surface area contributed by atoms with Crippen LogP contribution in [-0.2, 0) is 14.8 Å². The molecule has 0 bridgehead atoms. The molecule has 0 rings (SSSR count). The lowest BCUT2D eigenvalue weighted by Gasteiger charge is -2.08. The average molecular weight is 219 g/mol. The number of primary amides is 1. The first-order valence-electron chi connectivity index (χ1n) is 4.10. The van der Waals surface area contributed by atoms with E-state index in [-0.39, 0.29) is 19.4 Å². The summed E-state index contributed by atoms with van der Waals surface area (Å²) in [6, 6.07) is 1.66. The highest BCUT2D eigenvalue weighted by atomic mass is 32.2. The normalized spacial score (nSPS) is 13.1. The highest BCUT2D eigenvalue weighted by Crippen LogP contribution is 2.01. The summed E-state index contributed by atoms with van der Waals surface area (Å²) >= 11 is 0. The number of carbonyl (C=O) groups excluding carboxylic acids is 1. The number of nitrogens with one attached hydrogen (secondary N) is 1. The lowest BCUT2D eigenvalue weighted by atomic mass is 10.4. The minimum atomic E-state index is -3.64. The molecule has 6 nitrogen and oxygen atoms in total. The predicted octanol–water partition coefficient (Wildman–Crippen LogP) is -0.917. The van der Waals surface area contributed by atoms with Gasteiger partial charge >= 0.3 is 0 Å². The molecule has 0 heterocycles. The highest BCUT2D eigenvalue weighted by Gasteiger charge is 2.22. The SMILES string of the molecule is CCC(C#N)S(=O)(=O)NCCC(N)=O. The van der Waals surface area contributed by atoms with E-state index in [1.165, 1.54) is 0 Å². The molecule has 1 unspecified atom stereocenters. The Morgan fingerprint density at radius 1 is 1.64 bits per heavy atom. The minimum Gasteiger partial charge on any atom is -0.370 e. The highest BCUT2D eigenvalue weighted by molar-refractivity contribution is 7.90. The van der Waals surface area contributed by atoms with Gasteiger partial charge in [0.1, 0.15) is 0 Å². The van der Waals surface area contributed by atoms with Crippen molar-refractivity contribution in [1.82, 2.24) is 4.72 Å². The number of nitrogens with two attached hydrogens (primary N) is 1. The first kappa shape index (κ1) is 12.9. The van der Waals surface area contributed by atoms with E-state index in [1.54, 1.807) is 13.0 Å². The van der Waals surface area contributed by atoms with E-state index in [2.05, 4.69) is 4.72 Å². The number of sulfonamides is 1. The topological polar surface area (TPSA) is 113 Å². The van der Waals surface area contributed by atoms with Gasteiger partial charge in [-0.15, -0.1) is 0 Å². The van der Waals surface area contributed by atoms with Crippen molar-refractivity contribution in [3.63, 3.8) is 0 Å². The Morgan fingerprint density at radius 2 is 2.21 bits per heavy atom. The first-order chi connectivity index (χ1) is 6.44. The summed E-state index contributed by atoms with van der Waals surface area (Å²) in [6.45, 7) is 1.54. The third-order valence-corrected chi connectivity index (χ3v) is 3.36. The van der Waals surface area contributed by atoms with Gasteiger partial charge in [0.25, 0.3) is 0 Å². The zero-order chi connectivity index (χ0) is 11.2. The lowest BCUT2D eigenvalue weighted by Crippen LogP contribution is -2.35. The van der Waals surface area contributed by atoms with E-state index < -0.39 is 21.2 Å². The fraction of sp³-hybridized carbons (Fsp3) is 0.714. The van der Waals surface area contributed by atoms with E-state index in [9.17, 15) is 13.2 Å². The Morgan fingerprint density at radius 3 is 2.57 bits per heavy atom. The summed E-state index contributed by atoms with van der Waals surface area (Å²) in [5.41, 5.74) is 4.82. The summed E-state index contributed by atoms with van der Waals surface area (Å²) in [5, 5.41) is 7.44. The average Bonchev–Trinajstić information content (AvgIpc) is 2.04. The van der Waals surface area contributed by atoms with E-state index in [0.29, 0.717) is 0 Å². The van der Waals surface area contributed by atoms with Gasteiger partial charge in [-0.05, 0) is 6.42 Å². The Labute approximate surface area is 83.1 Å². The largest absolute Gasteiger partial charge is 0.370 e. The van der Waals surface area contributed by atoms with Crippen LogP contribution in [0.5, 0.6) is 0 Å². The molecule has 0 aliphatic carbocycles. The van der Waals surface area contributed by atoms with Crippen molar-refractivity contribution in [3.8, 4) is 6.07 Å². The van der Waals surface area contributed by atoms with E-state index in [4.69, 9.17) is 11.0 Å². The number of hydrogen-bond acceptors (Lipinski definition) is 4. The molecule has 0 spiro atoms. The van der Waals surface area contributed by atoms with Crippen LogP contribution in [-0.4, -0.2) is 26.1 Å². The maximum Gasteiger partial charge on any atom is 0.227 e. The number of hydrogen-bond donors (Lipinski definition) is 2. The van der Waals surface area contributed by atoms with E-state index in [1.807, 2.05) is 0 Å². The molecule has 14 heavy (non-hydrogen) atoms. The van der Waals surface area contributed by atoms with Crippen LogP contribution in [0.15, 0.2) is 0 Å². The van der Waals surface area contributed by atoms with Gasteiger partial charge in [-0.3, -0.25) is 4.79 Å². The predicted molar refractivity (Wildman–Crippen MR) is 50.4 cm³/mol. The molecule has 0 aliphatic heterocycles. The molecular weight excluding hydrogens is 206 g/mol. The van der Waals surface area contributed by atoms with Gasteiger partial charge < -0.3 is 5.73 Å². The van der Waals surface area contributed by atoms with Gasteiger partial charge in [-0.1, -0.05) is 6.92 Å². The second-order valence-corrected chi connectivity index (χ2v) is 4.63. The molecule has 0 saturated carbocycles. The molecule has 0 aromatic carbocycles. The Balaban J connectivity index is 4.22. The summed E-state index contributed by atoms with van der Waals surface area (Å²) in [5.74, 6) is -0.585. The number of nitriles is 1. The van der Waals surface area contributed by atoms with Crippen LogP contribution in [0.1, 0.15) is 19.8 Å².